The second-order valence-corrected chi connectivity index (χ2v) is 4.79. The number of hydrogen-bond donors (Lipinski definition) is 1. The molecule has 0 fully saturated rings. The van der Waals surface area contributed by atoms with Crippen LogP contribution in [-0.4, -0.2) is 27.2 Å². The molecule has 3 rings (SSSR count). The lowest BCUT2D eigenvalue weighted by molar-refractivity contribution is 0.415. The maximum atomic E-state index is 10.2. The molecule has 0 amide bonds. The van der Waals surface area contributed by atoms with Crippen molar-refractivity contribution in [3.8, 4) is 17.2 Å². The number of fused-ring (bicyclic) bond motifs is 1. The van der Waals surface area contributed by atoms with Gasteiger partial charge in [-0.2, -0.15) is 0 Å². The highest BCUT2D eigenvalue weighted by Gasteiger charge is 2.11. The number of nitrogens with zero attached hydrogens (tertiary/aromatic N) is 3. The van der Waals surface area contributed by atoms with Gasteiger partial charge < -0.3 is 9.84 Å². The molecule has 2 aromatic carbocycles. The van der Waals surface area contributed by atoms with Gasteiger partial charge in [0.1, 0.15) is 28.2 Å². The highest BCUT2D eigenvalue weighted by atomic mass is 16.5. The van der Waals surface area contributed by atoms with Crippen LogP contribution in [0.15, 0.2) is 30.3 Å². The fourth-order valence-corrected chi connectivity index (χ4v) is 2.22. The van der Waals surface area contributed by atoms with E-state index in [4.69, 9.17) is 4.74 Å². The summed E-state index contributed by atoms with van der Waals surface area (Å²) in [7, 11) is 1.61. The lowest BCUT2D eigenvalue weighted by atomic mass is 10.1. The van der Waals surface area contributed by atoms with E-state index in [1.54, 1.807) is 7.11 Å². The molecule has 1 N–H and O–H groups in total. The Kier molecular flexibility index (Phi) is 2.82. The molecular formula is C15H15N3O2. The second-order valence-electron chi connectivity index (χ2n) is 4.79. The molecule has 3 aromatic rings. The molecule has 0 aliphatic carbocycles. The van der Waals surface area contributed by atoms with Crippen molar-refractivity contribution in [3.63, 3.8) is 0 Å². The Morgan fingerprint density at radius 2 is 1.80 bits per heavy atom. The van der Waals surface area contributed by atoms with Gasteiger partial charge in [0.25, 0.3) is 0 Å². The van der Waals surface area contributed by atoms with E-state index in [1.807, 2.05) is 44.2 Å². The summed E-state index contributed by atoms with van der Waals surface area (Å²) >= 11 is 0. The van der Waals surface area contributed by atoms with Crippen LogP contribution >= 0.6 is 0 Å². The molecule has 0 bridgehead atoms. The average Bonchev–Trinajstić information content (AvgIpc) is 2.85. The van der Waals surface area contributed by atoms with Gasteiger partial charge in [-0.05, 0) is 43.2 Å². The van der Waals surface area contributed by atoms with E-state index in [1.165, 1.54) is 4.80 Å². The highest BCUT2D eigenvalue weighted by Crippen LogP contribution is 2.27. The van der Waals surface area contributed by atoms with Crippen molar-refractivity contribution in [1.29, 1.82) is 0 Å². The molecule has 0 saturated heterocycles. The van der Waals surface area contributed by atoms with Crippen LogP contribution in [0, 0.1) is 13.8 Å². The molecule has 0 spiro atoms. The van der Waals surface area contributed by atoms with Crippen molar-refractivity contribution in [2.45, 2.75) is 13.8 Å². The quantitative estimate of drug-likeness (QED) is 0.777. The first-order chi connectivity index (χ1) is 9.58. The zero-order valence-electron chi connectivity index (χ0n) is 11.6. The van der Waals surface area contributed by atoms with Crippen molar-refractivity contribution < 1.29 is 9.84 Å². The minimum Gasteiger partial charge on any atom is -0.505 e. The van der Waals surface area contributed by atoms with Crippen LogP contribution in [-0.2, 0) is 0 Å². The Balaban J connectivity index is 2.20. The van der Waals surface area contributed by atoms with Crippen molar-refractivity contribution in [2.24, 2.45) is 0 Å². The standard InChI is InChI=1S/C15H15N3O2/c1-9-6-10(2)15(19)14(7-9)18-16-12-5-4-11(20-3)8-13(12)17-18/h4-8,19H,1-3H3. The third kappa shape index (κ3) is 1.97. The summed E-state index contributed by atoms with van der Waals surface area (Å²) in [6.07, 6.45) is 0. The smallest absolute Gasteiger partial charge is 0.146 e. The number of ether oxygens (including phenoxy) is 1. The van der Waals surface area contributed by atoms with Gasteiger partial charge in [0.15, 0.2) is 0 Å². The summed E-state index contributed by atoms with van der Waals surface area (Å²) in [5.74, 6) is 0.928. The normalized spacial score (nSPS) is 10.9. The van der Waals surface area contributed by atoms with Crippen molar-refractivity contribution in [2.75, 3.05) is 7.11 Å². The van der Waals surface area contributed by atoms with Gasteiger partial charge in [-0.1, -0.05) is 6.07 Å². The first-order valence-corrected chi connectivity index (χ1v) is 6.30. The molecule has 0 aliphatic heterocycles. The molecule has 0 saturated carbocycles. The van der Waals surface area contributed by atoms with E-state index in [0.29, 0.717) is 5.69 Å². The lowest BCUT2D eigenvalue weighted by Crippen LogP contribution is -2.00. The van der Waals surface area contributed by atoms with E-state index < -0.39 is 0 Å². The number of benzene rings is 2. The number of methoxy groups -OCH3 is 1. The van der Waals surface area contributed by atoms with E-state index in [2.05, 4.69) is 10.2 Å². The molecule has 5 nitrogen and oxygen atoms in total. The Bertz CT molecular complexity index is 793. The van der Waals surface area contributed by atoms with Crippen molar-refractivity contribution in [3.05, 3.63) is 41.5 Å². The first kappa shape index (κ1) is 12.5. The van der Waals surface area contributed by atoms with Crippen LogP contribution in [0.5, 0.6) is 11.5 Å². The van der Waals surface area contributed by atoms with E-state index in [9.17, 15) is 5.11 Å². The van der Waals surface area contributed by atoms with Gasteiger partial charge in [0, 0.05) is 6.07 Å². The number of aryl methyl sites for hydroxylation is 2. The van der Waals surface area contributed by atoms with Crippen molar-refractivity contribution in [1.82, 2.24) is 15.0 Å². The van der Waals surface area contributed by atoms with Crippen LogP contribution in [0.4, 0.5) is 0 Å². The summed E-state index contributed by atoms with van der Waals surface area (Å²) in [4.78, 5) is 1.46. The number of aromatic nitrogens is 3. The number of phenols is 1. The monoisotopic (exact) mass is 269 g/mol. The third-order valence-electron chi connectivity index (χ3n) is 3.23. The van der Waals surface area contributed by atoms with Crippen LogP contribution < -0.4 is 4.74 Å². The summed E-state index contributed by atoms with van der Waals surface area (Å²) < 4.78 is 5.17. The summed E-state index contributed by atoms with van der Waals surface area (Å²) in [6, 6.07) is 9.28. The summed E-state index contributed by atoms with van der Waals surface area (Å²) in [5, 5.41) is 19.0. The zero-order chi connectivity index (χ0) is 14.3. The summed E-state index contributed by atoms with van der Waals surface area (Å²) in [6.45, 7) is 3.83. The fourth-order valence-electron chi connectivity index (χ4n) is 2.22. The predicted octanol–water partition coefficient (Wildman–Crippen LogP) is 2.75. The molecule has 5 heteroatoms. The topological polar surface area (TPSA) is 60.2 Å². The minimum absolute atomic E-state index is 0.197. The Morgan fingerprint density at radius 3 is 2.55 bits per heavy atom. The summed E-state index contributed by atoms with van der Waals surface area (Å²) in [5.41, 5.74) is 3.91. The SMILES string of the molecule is COc1ccc2nn(-c3cc(C)cc(C)c3O)nc2c1. The van der Waals surface area contributed by atoms with Crippen LogP contribution in [0.2, 0.25) is 0 Å². The van der Waals surface area contributed by atoms with Gasteiger partial charge in [-0.3, -0.25) is 0 Å². The van der Waals surface area contributed by atoms with Gasteiger partial charge in [0.05, 0.1) is 7.11 Å². The molecule has 1 heterocycles. The Hall–Kier alpha value is -2.56. The molecule has 0 aliphatic rings. The molecule has 20 heavy (non-hydrogen) atoms. The number of phenolic OH excluding ortho intramolecular Hbond substituents is 1. The number of hydrogen-bond acceptors (Lipinski definition) is 4. The Labute approximate surface area is 116 Å². The average molecular weight is 269 g/mol. The Morgan fingerprint density at radius 1 is 1.05 bits per heavy atom. The van der Waals surface area contributed by atoms with Crippen molar-refractivity contribution >= 4 is 11.0 Å². The molecule has 1 aromatic heterocycles. The molecule has 0 atom stereocenters. The second kappa shape index (κ2) is 4.52. The third-order valence-corrected chi connectivity index (χ3v) is 3.23. The number of aromatic hydroxyl groups is 1. The maximum Gasteiger partial charge on any atom is 0.146 e. The van der Waals surface area contributed by atoms with Gasteiger partial charge >= 0.3 is 0 Å². The highest BCUT2D eigenvalue weighted by molar-refractivity contribution is 5.75. The number of rotatable bonds is 2. The van der Waals surface area contributed by atoms with Gasteiger partial charge in [-0.25, -0.2) is 0 Å². The van der Waals surface area contributed by atoms with Crippen LogP contribution in [0.1, 0.15) is 11.1 Å². The van der Waals surface area contributed by atoms with Crippen LogP contribution in [0.25, 0.3) is 16.7 Å². The first-order valence-electron chi connectivity index (χ1n) is 6.30. The minimum atomic E-state index is 0.197. The van der Waals surface area contributed by atoms with E-state index in [-0.39, 0.29) is 5.75 Å². The molecule has 0 unspecified atom stereocenters. The van der Waals surface area contributed by atoms with E-state index in [0.717, 1.165) is 27.9 Å². The maximum absolute atomic E-state index is 10.2. The van der Waals surface area contributed by atoms with Gasteiger partial charge in [0.2, 0.25) is 0 Å². The lowest BCUT2D eigenvalue weighted by Gasteiger charge is -2.07. The zero-order valence-corrected chi connectivity index (χ0v) is 11.6. The molecule has 0 radical (unpaired) electrons. The van der Waals surface area contributed by atoms with E-state index >= 15 is 0 Å². The largest absolute Gasteiger partial charge is 0.505 e. The molecular weight excluding hydrogens is 254 g/mol. The predicted molar refractivity (Wildman–Crippen MR) is 76.6 cm³/mol. The van der Waals surface area contributed by atoms with Crippen LogP contribution in [0.3, 0.4) is 0 Å². The fraction of sp³-hybridized carbons (Fsp3) is 0.200. The van der Waals surface area contributed by atoms with Gasteiger partial charge in [-0.15, -0.1) is 15.0 Å². The molecule has 102 valence electrons.